The first-order chi connectivity index (χ1) is 15.0. The number of alkyl halides is 15. The number of halogens is 16. The van der Waals surface area contributed by atoms with Crippen molar-refractivity contribution in [2.24, 2.45) is 0 Å². The van der Waals surface area contributed by atoms with Crippen molar-refractivity contribution in [1.29, 1.82) is 0 Å². The van der Waals surface area contributed by atoms with Crippen LogP contribution in [0.4, 0.5) is 65.9 Å². The molecule has 0 unspecified atom stereocenters. The summed E-state index contributed by atoms with van der Waals surface area (Å²) in [6.45, 7) is -1.40. The van der Waals surface area contributed by atoms with Crippen LogP contribution in [0.15, 0.2) is 28.7 Å². The number of hydrogen-bond donors (Lipinski definition) is 0. The minimum Gasteiger partial charge on any atom is -0.359 e. The normalized spacial score (nSPS) is 16.0. The largest absolute Gasteiger partial charge is 0.460 e. The quantitative estimate of drug-likeness (QED) is 0.205. The van der Waals surface area contributed by atoms with E-state index in [1.165, 1.54) is 0 Å². The average Bonchev–Trinajstić information content (AvgIpc) is 2.67. The van der Waals surface area contributed by atoms with Crippen LogP contribution >= 0.6 is 15.9 Å². The zero-order chi connectivity index (χ0) is 27.2. The molecule has 1 atom stereocenters. The minimum absolute atomic E-state index is 0.511. The molecule has 0 heterocycles. The Morgan fingerprint density at radius 2 is 1.09 bits per heavy atom. The van der Waals surface area contributed by atoms with E-state index in [0.29, 0.717) is 13.2 Å². The van der Waals surface area contributed by atoms with E-state index >= 15 is 0 Å². The molecule has 0 aliphatic carbocycles. The maximum atomic E-state index is 14.6. The summed E-state index contributed by atoms with van der Waals surface area (Å²) >= 11 is 2.54. The topological polar surface area (TPSA) is 18.5 Å². The summed E-state index contributed by atoms with van der Waals surface area (Å²) in [5, 5.41) is 0. The van der Waals surface area contributed by atoms with Crippen LogP contribution in [0.2, 0.25) is 0 Å². The Kier molecular flexibility index (Phi) is 8.30. The Hall–Kier alpha value is -1.43. The number of hydrogen-bond acceptors (Lipinski definition) is 2. The highest BCUT2D eigenvalue weighted by Crippen LogP contribution is 2.64. The van der Waals surface area contributed by atoms with Crippen molar-refractivity contribution in [2.75, 3.05) is 13.9 Å². The predicted octanol–water partition coefficient (Wildman–Crippen LogP) is 7.48. The lowest BCUT2D eigenvalue weighted by molar-refractivity contribution is -0.457. The summed E-state index contributed by atoms with van der Waals surface area (Å²) in [5.41, 5.74) is -1.16. The second-order valence-electron chi connectivity index (χ2n) is 6.47. The maximum Gasteiger partial charge on any atom is 0.460 e. The molecule has 0 amide bonds. The van der Waals surface area contributed by atoms with Gasteiger partial charge < -0.3 is 9.47 Å². The molecule has 18 heteroatoms. The van der Waals surface area contributed by atoms with Crippen LogP contribution in [0.5, 0.6) is 0 Å². The van der Waals surface area contributed by atoms with E-state index in [9.17, 15) is 65.9 Å². The van der Waals surface area contributed by atoms with E-state index in [1.807, 2.05) is 0 Å². The molecule has 1 rings (SSSR count). The molecule has 0 aliphatic rings. The predicted molar refractivity (Wildman–Crippen MR) is 85.6 cm³/mol. The second kappa shape index (κ2) is 9.22. The van der Waals surface area contributed by atoms with E-state index in [-0.39, 0.29) is 0 Å². The number of methoxy groups -OCH3 is 1. The third kappa shape index (κ3) is 4.44. The molecule has 0 N–H and O–H groups in total. The van der Waals surface area contributed by atoms with Gasteiger partial charge in [0.15, 0.2) is 6.10 Å². The molecule has 1 aromatic rings. The van der Waals surface area contributed by atoms with Gasteiger partial charge in [-0.1, -0.05) is 34.1 Å². The number of ether oxygens (including phenoxy) is 2. The molecule has 1 aromatic carbocycles. The van der Waals surface area contributed by atoms with Crippen molar-refractivity contribution in [3.05, 3.63) is 34.3 Å². The third-order valence-corrected chi connectivity index (χ3v) is 4.94. The molecule has 198 valence electrons. The van der Waals surface area contributed by atoms with Crippen LogP contribution in [0, 0.1) is 0 Å². The average molecular weight is 599 g/mol. The fourth-order valence-corrected chi connectivity index (χ4v) is 2.85. The second-order valence-corrected chi connectivity index (χ2v) is 7.32. The van der Waals surface area contributed by atoms with E-state index in [2.05, 4.69) is 25.4 Å². The summed E-state index contributed by atoms with van der Waals surface area (Å²) in [4.78, 5) is 0. The molecule has 0 spiro atoms. The molecule has 0 fully saturated rings. The maximum absolute atomic E-state index is 14.6. The van der Waals surface area contributed by atoms with Gasteiger partial charge in [-0.2, -0.15) is 65.9 Å². The number of benzene rings is 1. The first kappa shape index (κ1) is 30.6. The van der Waals surface area contributed by atoms with Crippen molar-refractivity contribution in [2.45, 2.75) is 47.8 Å². The Morgan fingerprint density at radius 3 is 1.50 bits per heavy atom. The van der Waals surface area contributed by atoms with Crippen LogP contribution in [-0.4, -0.2) is 55.6 Å². The highest BCUT2D eigenvalue weighted by molar-refractivity contribution is 9.10. The fraction of sp³-hybridized carbons (Fsp3) is 0.625. The zero-order valence-corrected chi connectivity index (χ0v) is 17.5. The molecule has 2 nitrogen and oxygen atoms in total. The summed E-state index contributed by atoms with van der Waals surface area (Å²) in [6.07, 6.45) is -11.3. The minimum atomic E-state index is -8.37. The first-order valence-corrected chi connectivity index (χ1v) is 8.94. The van der Waals surface area contributed by atoms with Crippen molar-refractivity contribution in [3.8, 4) is 0 Å². The molecule has 0 saturated heterocycles. The Labute approximate surface area is 188 Å². The van der Waals surface area contributed by atoms with Crippen LogP contribution in [-0.2, 0) is 9.47 Å². The molecule has 0 bridgehead atoms. The fourth-order valence-electron chi connectivity index (χ4n) is 2.36. The van der Waals surface area contributed by atoms with Gasteiger partial charge in [-0.05, 0) is 6.07 Å². The molecule has 34 heavy (non-hydrogen) atoms. The van der Waals surface area contributed by atoms with Crippen molar-refractivity contribution in [1.82, 2.24) is 0 Å². The summed E-state index contributed by atoms with van der Waals surface area (Å²) in [5.74, 6) is -47.2. The Balaban J connectivity index is 3.74. The zero-order valence-electron chi connectivity index (χ0n) is 16.0. The summed E-state index contributed by atoms with van der Waals surface area (Å²) < 4.78 is 209. The van der Waals surface area contributed by atoms with Crippen LogP contribution in [0.1, 0.15) is 11.7 Å². The van der Waals surface area contributed by atoms with Gasteiger partial charge in [0.1, 0.15) is 6.79 Å². The highest BCUT2D eigenvalue weighted by atomic mass is 79.9. The lowest BCUT2D eigenvalue weighted by Crippen LogP contribution is -2.73. The van der Waals surface area contributed by atoms with Gasteiger partial charge in [-0.3, -0.25) is 0 Å². The smallest absolute Gasteiger partial charge is 0.359 e. The van der Waals surface area contributed by atoms with Crippen molar-refractivity contribution >= 4 is 15.9 Å². The lowest BCUT2D eigenvalue weighted by Gasteiger charge is -2.43. The van der Waals surface area contributed by atoms with E-state index < -0.39 is 64.6 Å². The molecular weight excluding hydrogens is 589 g/mol. The summed E-state index contributed by atoms with van der Waals surface area (Å²) in [6, 6.07) is 3.26. The van der Waals surface area contributed by atoms with Crippen molar-refractivity contribution in [3.63, 3.8) is 0 Å². The lowest BCUT2D eigenvalue weighted by atomic mass is 9.87. The van der Waals surface area contributed by atoms with Gasteiger partial charge >= 0.3 is 41.7 Å². The summed E-state index contributed by atoms with van der Waals surface area (Å²) in [7, 11) is 0.704. The Bertz CT molecular complexity index is 853. The van der Waals surface area contributed by atoms with Crippen LogP contribution in [0.3, 0.4) is 0 Å². The first-order valence-electron chi connectivity index (χ1n) is 8.15. The van der Waals surface area contributed by atoms with Gasteiger partial charge in [0.05, 0.1) is 0 Å². The molecule has 0 radical (unpaired) electrons. The van der Waals surface area contributed by atoms with E-state index in [0.717, 1.165) is 18.2 Å². The van der Waals surface area contributed by atoms with Gasteiger partial charge in [0.25, 0.3) is 0 Å². The van der Waals surface area contributed by atoms with Gasteiger partial charge in [-0.25, -0.2) is 0 Å². The van der Waals surface area contributed by atoms with Crippen LogP contribution in [0.25, 0.3) is 0 Å². The monoisotopic (exact) mass is 598 g/mol. The van der Waals surface area contributed by atoms with Crippen molar-refractivity contribution < 1.29 is 75.3 Å². The van der Waals surface area contributed by atoms with Gasteiger partial charge in [-0.15, -0.1) is 0 Å². The van der Waals surface area contributed by atoms with Gasteiger partial charge in [0.2, 0.25) is 0 Å². The SMILES string of the molecule is COCO[C@H](c1ccccc1Br)C(F)(F)C(F)(F)C(F)(F)C(F)(F)C(F)(F)C(F)(F)C(F)(F)F. The van der Waals surface area contributed by atoms with E-state index in [1.54, 1.807) is 0 Å². The van der Waals surface area contributed by atoms with E-state index in [4.69, 9.17) is 0 Å². The highest BCUT2D eigenvalue weighted by Gasteiger charge is 2.93. The third-order valence-electron chi connectivity index (χ3n) is 4.22. The molecule has 0 aliphatic heterocycles. The number of rotatable bonds is 10. The Morgan fingerprint density at radius 1 is 0.676 bits per heavy atom. The molecular formula is C16H10BrF15O2. The molecule has 0 aromatic heterocycles. The standard InChI is InChI=1S/C16H10BrF15O2/c1-33-6-34-9(7-4-2-3-5-8(7)17)10(18,19)11(20,21)12(22,23)13(24,25)14(26,27)15(28,29)16(30,31)32/h2-5,9H,6H2,1H3/t9-/m1/s1. The van der Waals surface area contributed by atoms with Gasteiger partial charge in [0, 0.05) is 17.1 Å². The van der Waals surface area contributed by atoms with Crippen LogP contribution < -0.4 is 0 Å². The molecule has 0 saturated carbocycles.